The van der Waals surface area contributed by atoms with Gasteiger partial charge in [-0.05, 0) is 53.8 Å². The average Bonchev–Trinajstić information content (AvgIpc) is 2.75. The maximum absolute atomic E-state index is 12.3. The molecule has 0 aliphatic carbocycles. The molecule has 0 aliphatic rings. The van der Waals surface area contributed by atoms with Gasteiger partial charge in [-0.2, -0.15) is 9.40 Å². The van der Waals surface area contributed by atoms with Gasteiger partial charge in [-0.3, -0.25) is 5.10 Å². The average molecular weight is 392 g/mol. The van der Waals surface area contributed by atoms with Gasteiger partial charge in [-0.15, -0.1) is 0 Å². The van der Waals surface area contributed by atoms with Gasteiger partial charge in [0.1, 0.15) is 5.82 Å². The summed E-state index contributed by atoms with van der Waals surface area (Å²) in [5, 5.41) is 6.62. The minimum absolute atomic E-state index is 0.138. The number of hydrogen-bond donors (Lipinski definition) is 1. The number of hydrogen-bond acceptors (Lipinski definition) is 4. The number of H-pyrrole nitrogens is 1. The van der Waals surface area contributed by atoms with E-state index in [1.54, 1.807) is 31.2 Å². The SMILES string of the molecule is Cc1nc(CN(C)S(=O)(=O)c2ccc(I)cc2)n[nH]1. The smallest absolute Gasteiger partial charge is 0.243 e. The van der Waals surface area contributed by atoms with Gasteiger partial charge in [-0.1, -0.05) is 0 Å². The van der Waals surface area contributed by atoms with E-state index in [1.165, 1.54) is 11.4 Å². The molecular formula is C11H13IN4O2S. The van der Waals surface area contributed by atoms with Crippen LogP contribution in [0.3, 0.4) is 0 Å². The Kier molecular flexibility index (Phi) is 4.21. The predicted octanol–water partition coefficient (Wildman–Crippen LogP) is 1.54. The zero-order valence-corrected chi connectivity index (χ0v) is 13.4. The summed E-state index contributed by atoms with van der Waals surface area (Å²) in [5.41, 5.74) is 0. The fraction of sp³-hybridized carbons (Fsp3) is 0.273. The number of nitrogens with zero attached hydrogens (tertiary/aromatic N) is 3. The fourth-order valence-corrected chi connectivity index (χ4v) is 3.02. The molecule has 0 unspecified atom stereocenters. The number of rotatable bonds is 4. The highest BCUT2D eigenvalue weighted by Gasteiger charge is 2.21. The van der Waals surface area contributed by atoms with Crippen molar-refractivity contribution in [3.63, 3.8) is 0 Å². The van der Waals surface area contributed by atoms with Crippen LogP contribution in [0.25, 0.3) is 0 Å². The van der Waals surface area contributed by atoms with Crippen LogP contribution >= 0.6 is 22.6 Å². The van der Waals surface area contributed by atoms with Gasteiger partial charge >= 0.3 is 0 Å². The molecule has 8 heteroatoms. The molecule has 0 amide bonds. The number of sulfonamides is 1. The fourth-order valence-electron chi connectivity index (χ4n) is 1.53. The Morgan fingerprint density at radius 1 is 1.32 bits per heavy atom. The lowest BCUT2D eigenvalue weighted by molar-refractivity contribution is 0.457. The second-order valence-electron chi connectivity index (χ2n) is 4.05. The van der Waals surface area contributed by atoms with Crippen LogP contribution in [0.1, 0.15) is 11.6 Å². The molecule has 2 rings (SSSR count). The molecule has 102 valence electrons. The lowest BCUT2D eigenvalue weighted by Crippen LogP contribution is -2.27. The summed E-state index contributed by atoms with van der Waals surface area (Å²) in [6.07, 6.45) is 0. The van der Waals surface area contributed by atoms with Crippen LogP contribution in [0.4, 0.5) is 0 Å². The van der Waals surface area contributed by atoms with Crippen LogP contribution < -0.4 is 0 Å². The number of aromatic amines is 1. The Labute approximate surface area is 125 Å². The molecule has 19 heavy (non-hydrogen) atoms. The lowest BCUT2D eigenvalue weighted by atomic mass is 10.4. The predicted molar refractivity (Wildman–Crippen MR) is 78.9 cm³/mol. The summed E-state index contributed by atoms with van der Waals surface area (Å²) >= 11 is 2.13. The van der Waals surface area contributed by atoms with E-state index < -0.39 is 10.0 Å². The number of benzene rings is 1. The first-order valence-electron chi connectivity index (χ1n) is 5.49. The summed E-state index contributed by atoms with van der Waals surface area (Å²) in [7, 11) is -2.00. The highest BCUT2D eigenvalue weighted by Crippen LogP contribution is 2.17. The van der Waals surface area contributed by atoms with Crippen LogP contribution in [0, 0.1) is 10.5 Å². The summed E-state index contributed by atoms with van der Waals surface area (Å²) < 4.78 is 26.8. The quantitative estimate of drug-likeness (QED) is 0.801. The van der Waals surface area contributed by atoms with Crippen LogP contribution in [0.5, 0.6) is 0 Å². The van der Waals surface area contributed by atoms with Gasteiger partial charge in [0.25, 0.3) is 0 Å². The van der Waals surface area contributed by atoms with E-state index in [4.69, 9.17) is 0 Å². The third-order valence-corrected chi connectivity index (χ3v) is 5.07. The first-order valence-corrected chi connectivity index (χ1v) is 8.01. The zero-order valence-electron chi connectivity index (χ0n) is 10.5. The molecule has 1 aromatic heterocycles. The summed E-state index contributed by atoms with van der Waals surface area (Å²) in [4.78, 5) is 4.36. The van der Waals surface area contributed by atoms with E-state index in [0.717, 1.165) is 3.57 Å². The maximum Gasteiger partial charge on any atom is 0.243 e. The third-order valence-electron chi connectivity index (χ3n) is 2.53. The van der Waals surface area contributed by atoms with Crippen LogP contribution in [0.2, 0.25) is 0 Å². The van der Waals surface area contributed by atoms with E-state index in [0.29, 0.717) is 11.6 Å². The lowest BCUT2D eigenvalue weighted by Gasteiger charge is -2.15. The Morgan fingerprint density at radius 3 is 2.47 bits per heavy atom. The van der Waals surface area contributed by atoms with Crippen molar-refractivity contribution in [1.29, 1.82) is 0 Å². The topological polar surface area (TPSA) is 79.0 Å². The highest BCUT2D eigenvalue weighted by molar-refractivity contribution is 14.1. The van der Waals surface area contributed by atoms with Gasteiger partial charge < -0.3 is 0 Å². The van der Waals surface area contributed by atoms with Crippen LogP contribution in [-0.4, -0.2) is 35.0 Å². The zero-order chi connectivity index (χ0) is 14.0. The van der Waals surface area contributed by atoms with E-state index in [9.17, 15) is 8.42 Å². The van der Waals surface area contributed by atoms with Crippen LogP contribution in [-0.2, 0) is 16.6 Å². The Hall–Kier alpha value is -1.00. The summed E-state index contributed by atoms with van der Waals surface area (Å²) in [5.74, 6) is 1.11. The molecular weight excluding hydrogens is 379 g/mol. The Morgan fingerprint density at radius 2 is 1.95 bits per heavy atom. The molecule has 0 atom stereocenters. The largest absolute Gasteiger partial charge is 0.263 e. The van der Waals surface area contributed by atoms with E-state index in [2.05, 4.69) is 37.8 Å². The van der Waals surface area contributed by atoms with Gasteiger partial charge in [0.15, 0.2) is 5.82 Å². The number of aryl methyl sites for hydroxylation is 1. The molecule has 0 bridgehead atoms. The maximum atomic E-state index is 12.3. The number of halogens is 1. The van der Waals surface area contributed by atoms with Crippen molar-refractivity contribution in [2.75, 3.05) is 7.05 Å². The molecule has 0 saturated carbocycles. The molecule has 0 fully saturated rings. The molecule has 1 N–H and O–H groups in total. The Bertz CT molecular complexity index is 666. The third kappa shape index (κ3) is 3.31. The number of aromatic nitrogens is 3. The molecule has 0 saturated heterocycles. The number of nitrogens with one attached hydrogen (secondary N) is 1. The van der Waals surface area contributed by atoms with E-state index in [1.807, 2.05) is 0 Å². The normalized spacial score (nSPS) is 12.0. The second-order valence-corrected chi connectivity index (χ2v) is 7.34. The molecule has 6 nitrogen and oxygen atoms in total. The summed E-state index contributed by atoms with van der Waals surface area (Å²) in [6.45, 7) is 1.91. The minimum atomic E-state index is -3.51. The monoisotopic (exact) mass is 392 g/mol. The first-order chi connectivity index (χ1) is 8.89. The van der Waals surface area contributed by atoms with E-state index >= 15 is 0 Å². The molecule has 1 heterocycles. The highest BCUT2D eigenvalue weighted by atomic mass is 127. The second kappa shape index (κ2) is 5.55. The molecule has 0 radical (unpaired) electrons. The van der Waals surface area contributed by atoms with Gasteiger partial charge in [0.2, 0.25) is 10.0 Å². The Balaban J connectivity index is 2.21. The van der Waals surface area contributed by atoms with Crippen molar-refractivity contribution in [3.8, 4) is 0 Å². The van der Waals surface area contributed by atoms with Crippen molar-refractivity contribution >= 4 is 32.6 Å². The van der Waals surface area contributed by atoms with Gasteiger partial charge in [-0.25, -0.2) is 13.4 Å². The van der Waals surface area contributed by atoms with Crippen molar-refractivity contribution in [2.45, 2.75) is 18.4 Å². The van der Waals surface area contributed by atoms with Crippen LogP contribution in [0.15, 0.2) is 29.2 Å². The molecule has 2 aromatic rings. The van der Waals surface area contributed by atoms with Crippen molar-refractivity contribution in [3.05, 3.63) is 39.5 Å². The molecule has 1 aromatic carbocycles. The summed E-state index contributed by atoms with van der Waals surface area (Å²) in [6, 6.07) is 6.71. The van der Waals surface area contributed by atoms with Gasteiger partial charge in [0, 0.05) is 10.6 Å². The van der Waals surface area contributed by atoms with Crippen molar-refractivity contribution in [1.82, 2.24) is 19.5 Å². The van der Waals surface area contributed by atoms with Gasteiger partial charge in [0.05, 0.1) is 11.4 Å². The van der Waals surface area contributed by atoms with Crippen molar-refractivity contribution < 1.29 is 8.42 Å². The molecule has 0 aliphatic heterocycles. The molecule has 0 spiro atoms. The van der Waals surface area contributed by atoms with E-state index in [-0.39, 0.29) is 11.4 Å². The standard InChI is InChI=1S/C11H13IN4O2S/c1-8-13-11(15-14-8)7-16(2)19(17,18)10-5-3-9(12)4-6-10/h3-6H,7H2,1-2H3,(H,13,14,15). The minimum Gasteiger partial charge on any atom is -0.263 e. The van der Waals surface area contributed by atoms with Crippen molar-refractivity contribution in [2.24, 2.45) is 0 Å². The first kappa shape index (κ1) is 14.4.